The molecular weight excluding hydrogens is 260 g/mol. The van der Waals surface area contributed by atoms with Crippen LogP contribution in [-0.4, -0.2) is 49.7 Å². The van der Waals surface area contributed by atoms with Crippen LogP contribution in [0.2, 0.25) is 0 Å². The third-order valence-electron chi connectivity index (χ3n) is 4.53. The lowest BCUT2D eigenvalue weighted by atomic mass is 10.1. The van der Waals surface area contributed by atoms with Crippen LogP contribution in [0.25, 0.3) is 0 Å². The minimum Gasteiger partial charge on any atom is -0.355 e. The maximum Gasteiger partial charge on any atom is 0.128 e. The van der Waals surface area contributed by atoms with Crippen LogP contribution >= 0.6 is 0 Å². The summed E-state index contributed by atoms with van der Waals surface area (Å²) in [6.45, 7) is 9.94. The topological polar surface area (TPSA) is 31.4 Å². The molecule has 1 aromatic heterocycles. The minimum atomic E-state index is 0.374. The van der Waals surface area contributed by atoms with Crippen molar-refractivity contribution in [2.45, 2.75) is 39.3 Å². The van der Waals surface area contributed by atoms with Gasteiger partial charge in [-0.25, -0.2) is 4.98 Å². The van der Waals surface area contributed by atoms with Gasteiger partial charge in [0.2, 0.25) is 0 Å². The van der Waals surface area contributed by atoms with E-state index in [1.807, 2.05) is 6.20 Å². The third-order valence-corrected chi connectivity index (χ3v) is 4.53. The van der Waals surface area contributed by atoms with E-state index in [1.165, 1.54) is 5.56 Å². The molecule has 0 saturated carbocycles. The smallest absolute Gasteiger partial charge is 0.128 e. The van der Waals surface area contributed by atoms with Gasteiger partial charge in [0.1, 0.15) is 5.82 Å². The second-order valence-electron chi connectivity index (χ2n) is 6.54. The van der Waals surface area contributed by atoms with Crippen LogP contribution in [0.4, 0.5) is 5.82 Å². The number of anilines is 1. The molecule has 1 fully saturated rings. The van der Waals surface area contributed by atoms with E-state index in [0.717, 1.165) is 31.9 Å². The first-order chi connectivity index (χ1) is 10.0. The van der Waals surface area contributed by atoms with Crippen molar-refractivity contribution in [2.75, 3.05) is 38.6 Å². The standard InChI is InChI=1S/C17H30N4/c1-6-9-18-14(3)15-7-8-17(19-10-15)21-11-13(2)16(12-21)20(4)5/h7-8,10,13-14,16,18H,6,9,11-12H2,1-5H3. The highest BCUT2D eigenvalue weighted by molar-refractivity contribution is 5.41. The van der Waals surface area contributed by atoms with E-state index in [4.69, 9.17) is 0 Å². The average Bonchev–Trinajstić information content (AvgIpc) is 2.87. The SMILES string of the molecule is CCCNC(C)c1ccc(N2CC(C)C(N(C)C)C2)nc1. The molecule has 118 valence electrons. The lowest BCUT2D eigenvalue weighted by Crippen LogP contribution is -2.34. The summed E-state index contributed by atoms with van der Waals surface area (Å²) in [6.07, 6.45) is 3.18. The van der Waals surface area contributed by atoms with Gasteiger partial charge in [0, 0.05) is 31.4 Å². The maximum atomic E-state index is 4.69. The Hall–Kier alpha value is -1.13. The van der Waals surface area contributed by atoms with E-state index in [0.29, 0.717) is 18.0 Å². The molecule has 2 rings (SSSR count). The fourth-order valence-corrected chi connectivity index (χ4v) is 3.13. The first-order valence-corrected chi connectivity index (χ1v) is 8.13. The lowest BCUT2D eigenvalue weighted by molar-refractivity contribution is 0.266. The summed E-state index contributed by atoms with van der Waals surface area (Å²) in [5.74, 6) is 1.80. The highest BCUT2D eigenvalue weighted by atomic mass is 15.3. The van der Waals surface area contributed by atoms with Gasteiger partial charge in [0.25, 0.3) is 0 Å². The van der Waals surface area contributed by atoms with Crippen molar-refractivity contribution in [3.8, 4) is 0 Å². The highest BCUT2D eigenvalue weighted by Crippen LogP contribution is 2.25. The van der Waals surface area contributed by atoms with Crippen LogP contribution < -0.4 is 10.2 Å². The van der Waals surface area contributed by atoms with E-state index >= 15 is 0 Å². The minimum absolute atomic E-state index is 0.374. The van der Waals surface area contributed by atoms with Gasteiger partial charge in [-0.2, -0.15) is 0 Å². The molecule has 1 aliphatic rings. The summed E-state index contributed by atoms with van der Waals surface area (Å²) in [6, 6.07) is 5.38. The van der Waals surface area contributed by atoms with Crippen molar-refractivity contribution in [2.24, 2.45) is 5.92 Å². The predicted molar refractivity (Wildman–Crippen MR) is 89.8 cm³/mol. The second kappa shape index (κ2) is 7.23. The molecular formula is C17H30N4. The molecule has 1 aromatic rings. The molecule has 0 amide bonds. The lowest BCUT2D eigenvalue weighted by Gasteiger charge is -2.22. The quantitative estimate of drug-likeness (QED) is 0.872. The Kier molecular flexibility index (Phi) is 5.59. The number of hydrogen-bond acceptors (Lipinski definition) is 4. The van der Waals surface area contributed by atoms with Gasteiger partial charge in [-0.05, 0) is 51.5 Å². The monoisotopic (exact) mass is 290 g/mol. The summed E-state index contributed by atoms with van der Waals surface area (Å²) in [4.78, 5) is 9.42. The molecule has 3 atom stereocenters. The van der Waals surface area contributed by atoms with Crippen molar-refractivity contribution in [1.29, 1.82) is 0 Å². The van der Waals surface area contributed by atoms with Crippen LogP contribution in [0.3, 0.4) is 0 Å². The summed E-state index contributed by atoms with van der Waals surface area (Å²) >= 11 is 0. The van der Waals surface area contributed by atoms with E-state index in [-0.39, 0.29) is 0 Å². The largest absolute Gasteiger partial charge is 0.355 e. The number of aromatic nitrogens is 1. The van der Waals surface area contributed by atoms with Crippen molar-refractivity contribution in [3.63, 3.8) is 0 Å². The Balaban J connectivity index is 1.99. The maximum absolute atomic E-state index is 4.69. The Labute approximate surface area is 129 Å². The van der Waals surface area contributed by atoms with Crippen molar-refractivity contribution in [3.05, 3.63) is 23.9 Å². The summed E-state index contributed by atoms with van der Waals surface area (Å²) in [5.41, 5.74) is 1.27. The van der Waals surface area contributed by atoms with Gasteiger partial charge in [-0.1, -0.05) is 19.9 Å². The molecule has 1 N–H and O–H groups in total. The Morgan fingerprint density at radius 2 is 2.14 bits per heavy atom. The van der Waals surface area contributed by atoms with Crippen molar-refractivity contribution >= 4 is 5.82 Å². The van der Waals surface area contributed by atoms with Gasteiger partial charge in [0.05, 0.1) is 0 Å². The summed E-state index contributed by atoms with van der Waals surface area (Å²) < 4.78 is 0. The molecule has 2 heterocycles. The van der Waals surface area contributed by atoms with Crippen LogP contribution in [0.1, 0.15) is 38.8 Å². The molecule has 1 aliphatic heterocycles. The molecule has 0 bridgehead atoms. The Bertz CT molecular complexity index is 429. The van der Waals surface area contributed by atoms with E-state index < -0.39 is 0 Å². The van der Waals surface area contributed by atoms with Crippen LogP contribution in [0, 0.1) is 5.92 Å². The average molecular weight is 290 g/mol. The zero-order valence-electron chi connectivity index (χ0n) is 14.1. The van der Waals surface area contributed by atoms with Gasteiger partial charge < -0.3 is 15.1 Å². The molecule has 0 aromatic carbocycles. The normalized spacial score (nSPS) is 23.8. The fourth-order valence-electron chi connectivity index (χ4n) is 3.13. The van der Waals surface area contributed by atoms with Gasteiger partial charge in [-0.15, -0.1) is 0 Å². The first kappa shape index (κ1) is 16.2. The summed E-state index contributed by atoms with van der Waals surface area (Å²) in [7, 11) is 4.34. The third kappa shape index (κ3) is 3.95. The second-order valence-corrected chi connectivity index (χ2v) is 6.54. The van der Waals surface area contributed by atoms with Crippen LogP contribution in [-0.2, 0) is 0 Å². The molecule has 0 aliphatic carbocycles. The molecule has 3 unspecified atom stereocenters. The van der Waals surface area contributed by atoms with Crippen LogP contribution in [0.15, 0.2) is 18.3 Å². The number of hydrogen-bond donors (Lipinski definition) is 1. The van der Waals surface area contributed by atoms with E-state index in [1.54, 1.807) is 0 Å². The van der Waals surface area contributed by atoms with Gasteiger partial charge in [-0.3, -0.25) is 0 Å². The van der Waals surface area contributed by atoms with Crippen LogP contribution in [0.5, 0.6) is 0 Å². The molecule has 21 heavy (non-hydrogen) atoms. The number of likely N-dealkylation sites (N-methyl/N-ethyl adjacent to an activating group) is 1. The summed E-state index contributed by atoms with van der Waals surface area (Å²) in [5, 5.41) is 3.51. The first-order valence-electron chi connectivity index (χ1n) is 8.13. The zero-order valence-corrected chi connectivity index (χ0v) is 14.1. The van der Waals surface area contributed by atoms with Crippen molar-refractivity contribution in [1.82, 2.24) is 15.2 Å². The Morgan fingerprint density at radius 3 is 2.67 bits per heavy atom. The van der Waals surface area contributed by atoms with Gasteiger partial charge >= 0.3 is 0 Å². The molecule has 1 saturated heterocycles. The van der Waals surface area contributed by atoms with E-state index in [9.17, 15) is 0 Å². The molecule has 4 heteroatoms. The van der Waals surface area contributed by atoms with E-state index in [2.05, 4.69) is 67.1 Å². The molecule has 0 spiro atoms. The highest BCUT2D eigenvalue weighted by Gasteiger charge is 2.31. The fraction of sp³-hybridized carbons (Fsp3) is 0.706. The zero-order chi connectivity index (χ0) is 15.4. The number of rotatable bonds is 6. The predicted octanol–water partition coefficient (Wildman–Crippen LogP) is 2.53. The molecule has 4 nitrogen and oxygen atoms in total. The number of nitrogens with zero attached hydrogens (tertiary/aromatic N) is 3. The number of nitrogens with one attached hydrogen (secondary N) is 1. The van der Waals surface area contributed by atoms with Gasteiger partial charge in [0.15, 0.2) is 0 Å². The Morgan fingerprint density at radius 1 is 1.38 bits per heavy atom. The van der Waals surface area contributed by atoms with Crippen molar-refractivity contribution < 1.29 is 0 Å². The number of pyridine rings is 1. The molecule has 0 radical (unpaired) electrons.